The van der Waals surface area contributed by atoms with Crippen LogP contribution in [0.3, 0.4) is 0 Å². The predicted molar refractivity (Wildman–Crippen MR) is 237 cm³/mol. The summed E-state index contributed by atoms with van der Waals surface area (Å²) in [6.45, 7) is 12.8. The molecule has 1 N–H and O–H groups in total. The zero-order valence-corrected chi connectivity index (χ0v) is 36.4. The van der Waals surface area contributed by atoms with Crippen LogP contribution >= 0.6 is 0 Å². The van der Waals surface area contributed by atoms with Crippen LogP contribution in [0, 0.1) is 0 Å². The number of esters is 1. The van der Waals surface area contributed by atoms with Crippen LogP contribution in [0.2, 0.25) is 0 Å². The maximum absolute atomic E-state index is 13.1. The molecule has 0 saturated heterocycles. The van der Waals surface area contributed by atoms with E-state index in [1.807, 2.05) is 0 Å². The Morgan fingerprint density at radius 2 is 0.926 bits per heavy atom. The van der Waals surface area contributed by atoms with Crippen molar-refractivity contribution < 1.29 is 14.3 Å². The van der Waals surface area contributed by atoms with Gasteiger partial charge in [0.15, 0.2) is 0 Å². The number of amides is 1. The molecule has 1 atom stereocenters. The Bertz CT molecular complexity index is 920. The topological polar surface area (TPSA) is 58.6 Å². The molecule has 0 aromatic heterocycles. The van der Waals surface area contributed by atoms with E-state index in [4.69, 9.17) is 4.74 Å². The minimum absolute atomic E-state index is 0.00410. The Balaban J connectivity index is 4.29. The Kier molecular flexibility index (Phi) is 41.9. The van der Waals surface area contributed by atoms with Crippen molar-refractivity contribution in [3.8, 4) is 0 Å². The van der Waals surface area contributed by atoms with Gasteiger partial charge in [-0.25, -0.2) is 4.79 Å². The molecule has 0 aromatic rings. The van der Waals surface area contributed by atoms with Gasteiger partial charge in [-0.2, -0.15) is 0 Å². The molecule has 314 valence electrons. The number of nitrogens with one attached hydrogen (secondary N) is 1. The second-order valence-electron chi connectivity index (χ2n) is 15.4. The number of ether oxygens (including phenoxy) is 1. The van der Waals surface area contributed by atoms with Gasteiger partial charge in [-0.3, -0.25) is 4.79 Å². The van der Waals surface area contributed by atoms with Gasteiger partial charge in [0.05, 0.1) is 6.61 Å². The molecular formula is C49H90N2O3. The molecule has 0 aliphatic heterocycles. The minimum Gasteiger partial charge on any atom is -0.464 e. The van der Waals surface area contributed by atoms with Gasteiger partial charge >= 0.3 is 5.97 Å². The van der Waals surface area contributed by atoms with Crippen molar-refractivity contribution in [2.45, 2.75) is 226 Å². The first-order valence-electron chi connectivity index (χ1n) is 23.4. The molecular weight excluding hydrogens is 665 g/mol. The van der Waals surface area contributed by atoms with Gasteiger partial charge in [0, 0.05) is 6.42 Å². The highest BCUT2D eigenvalue weighted by molar-refractivity contribution is 5.84. The number of hydrogen-bond donors (Lipinski definition) is 1. The predicted octanol–water partition coefficient (Wildman–Crippen LogP) is 14.3. The van der Waals surface area contributed by atoms with Gasteiger partial charge < -0.3 is 15.0 Å². The maximum Gasteiger partial charge on any atom is 0.328 e. The van der Waals surface area contributed by atoms with Gasteiger partial charge in [0.1, 0.15) is 6.04 Å². The van der Waals surface area contributed by atoms with Crippen molar-refractivity contribution in [2.24, 2.45) is 0 Å². The summed E-state index contributed by atoms with van der Waals surface area (Å²) in [5.41, 5.74) is 0. The molecule has 0 fully saturated rings. The number of carbonyl (C=O) groups is 2. The lowest BCUT2D eigenvalue weighted by Gasteiger charge is -2.18. The summed E-state index contributed by atoms with van der Waals surface area (Å²) in [6.07, 6.45) is 52.4. The van der Waals surface area contributed by atoms with Gasteiger partial charge in [-0.15, -0.1) is 0 Å². The third-order valence-corrected chi connectivity index (χ3v) is 10.4. The molecule has 0 saturated carbocycles. The lowest BCUT2D eigenvalue weighted by molar-refractivity contribution is -0.148. The lowest BCUT2D eigenvalue weighted by atomic mass is 10.0. The minimum atomic E-state index is -0.518. The van der Waals surface area contributed by atoms with Crippen LogP contribution in [0.15, 0.2) is 48.6 Å². The number of unbranched alkanes of at least 4 members (excludes halogenated alkanes) is 21. The molecule has 5 nitrogen and oxygen atoms in total. The van der Waals surface area contributed by atoms with E-state index in [9.17, 15) is 9.59 Å². The summed E-state index contributed by atoms with van der Waals surface area (Å²) in [6, 6.07) is -0.518. The zero-order chi connectivity index (χ0) is 39.4. The average molecular weight is 755 g/mol. The number of allylic oxidation sites excluding steroid dienone is 8. The Morgan fingerprint density at radius 3 is 1.43 bits per heavy atom. The maximum atomic E-state index is 13.1. The number of carbonyl (C=O) groups excluding carboxylic acids is 2. The lowest BCUT2D eigenvalue weighted by Crippen LogP contribution is -2.41. The first kappa shape index (κ1) is 51.9. The van der Waals surface area contributed by atoms with E-state index >= 15 is 0 Å². The summed E-state index contributed by atoms with van der Waals surface area (Å²) in [5.74, 6) is -0.247. The molecule has 0 aromatic carbocycles. The third-order valence-electron chi connectivity index (χ3n) is 10.4. The Morgan fingerprint density at radius 1 is 0.500 bits per heavy atom. The van der Waals surface area contributed by atoms with Crippen LogP contribution in [-0.4, -0.2) is 49.1 Å². The highest BCUT2D eigenvalue weighted by atomic mass is 16.5. The van der Waals surface area contributed by atoms with Crippen LogP contribution < -0.4 is 5.32 Å². The van der Waals surface area contributed by atoms with Crippen molar-refractivity contribution in [2.75, 3.05) is 26.2 Å². The van der Waals surface area contributed by atoms with Crippen LogP contribution in [0.25, 0.3) is 0 Å². The molecule has 0 aliphatic carbocycles. The first-order valence-corrected chi connectivity index (χ1v) is 23.4. The van der Waals surface area contributed by atoms with Crippen LogP contribution in [0.5, 0.6) is 0 Å². The van der Waals surface area contributed by atoms with Gasteiger partial charge in [0.25, 0.3) is 0 Å². The molecule has 54 heavy (non-hydrogen) atoms. The molecule has 0 heterocycles. The molecule has 1 amide bonds. The Labute approximate surface area is 336 Å². The second-order valence-corrected chi connectivity index (χ2v) is 15.4. The van der Waals surface area contributed by atoms with Gasteiger partial charge in [0.2, 0.25) is 5.91 Å². The van der Waals surface area contributed by atoms with E-state index in [1.165, 1.54) is 122 Å². The van der Waals surface area contributed by atoms with Gasteiger partial charge in [-0.1, -0.05) is 173 Å². The van der Waals surface area contributed by atoms with Gasteiger partial charge in [-0.05, 0) is 110 Å². The number of rotatable bonds is 41. The molecule has 1 unspecified atom stereocenters. The number of hydrogen-bond acceptors (Lipinski definition) is 4. The monoisotopic (exact) mass is 755 g/mol. The third kappa shape index (κ3) is 38.1. The SMILES string of the molecule is CCCCC/C=C\C/C=C\CCCCCCCCOC(=O)C(CCCCCCCN(CC)CC)NC(=O)CCCCCCC/C=C\C/C=C\CCCCC. The second kappa shape index (κ2) is 43.6. The molecule has 0 bridgehead atoms. The molecule has 0 rings (SSSR count). The summed E-state index contributed by atoms with van der Waals surface area (Å²) in [7, 11) is 0. The summed E-state index contributed by atoms with van der Waals surface area (Å²) < 4.78 is 5.72. The first-order chi connectivity index (χ1) is 26.6. The van der Waals surface area contributed by atoms with Crippen LogP contribution in [0.1, 0.15) is 220 Å². The van der Waals surface area contributed by atoms with Crippen molar-refractivity contribution in [1.82, 2.24) is 10.2 Å². The van der Waals surface area contributed by atoms with E-state index in [-0.39, 0.29) is 11.9 Å². The standard InChI is InChI=1S/C49H90N2O3/c1-5-9-11-13-15-17-19-21-23-25-27-29-31-33-38-42-46-54-49(53)47(43-39-35-34-37-41-45-51(7-3)8-4)50-48(52)44-40-36-32-30-28-26-24-22-20-18-16-14-12-10-6-2/h15-18,21-24,47H,5-14,19-20,25-46H2,1-4H3,(H,50,52)/b17-15-,18-16-,23-21-,24-22-. The summed E-state index contributed by atoms with van der Waals surface area (Å²) in [5, 5.41) is 3.06. The summed E-state index contributed by atoms with van der Waals surface area (Å²) >= 11 is 0. The van der Waals surface area contributed by atoms with Crippen LogP contribution in [-0.2, 0) is 14.3 Å². The fraction of sp³-hybridized carbons (Fsp3) is 0.796. The van der Waals surface area contributed by atoms with E-state index in [0.717, 1.165) is 77.3 Å². The highest BCUT2D eigenvalue weighted by Crippen LogP contribution is 2.13. The molecule has 0 spiro atoms. The molecule has 0 radical (unpaired) electrons. The fourth-order valence-corrected chi connectivity index (χ4v) is 6.73. The largest absolute Gasteiger partial charge is 0.464 e. The van der Waals surface area contributed by atoms with Crippen molar-refractivity contribution in [3.63, 3.8) is 0 Å². The Hall–Kier alpha value is -2.14. The van der Waals surface area contributed by atoms with E-state index in [0.29, 0.717) is 19.4 Å². The number of nitrogens with zero attached hydrogens (tertiary/aromatic N) is 1. The summed E-state index contributed by atoms with van der Waals surface area (Å²) in [4.78, 5) is 28.4. The molecule has 0 aliphatic rings. The van der Waals surface area contributed by atoms with E-state index < -0.39 is 6.04 Å². The average Bonchev–Trinajstić information content (AvgIpc) is 3.18. The van der Waals surface area contributed by atoms with Crippen molar-refractivity contribution >= 4 is 11.9 Å². The quantitative estimate of drug-likeness (QED) is 0.0384. The zero-order valence-electron chi connectivity index (χ0n) is 36.4. The van der Waals surface area contributed by atoms with E-state index in [2.05, 4.69) is 86.5 Å². The van der Waals surface area contributed by atoms with Crippen molar-refractivity contribution in [3.05, 3.63) is 48.6 Å². The van der Waals surface area contributed by atoms with Crippen LogP contribution in [0.4, 0.5) is 0 Å². The van der Waals surface area contributed by atoms with E-state index in [1.54, 1.807) is 0 Å². The fourth-order valence-electron chi connectivity index (χ4n) is 6.73. The molecule has 5 heteroatoms. The highest BCUT2D eigenvalue weighted by Gasteiger charge is 2.21. The van der Waals surface area contributed by atoms with Crippen molar-refractivity contribution in [1.29, 1.82) is 0 Å². The normalized spacial score (nSPS) is 12.7. The smallest absolute Gasteiger partial charge is 0.328 e.